The number of aliphatic hydroxyl groups excluding tert-OH is 1. The molecule has 2 N–H and O–H groups in total. The standard InChI is InChI=1S/C15H20ClNO4/c1-14-10(7-8-16)12(19)17-15(14,13(20)21-14)11(18)9-5-3-2-4-6-9/h5,10-11,18H,2-4,6-8H2,1H3,(H,17,19)/t10-,11-,14-,15?/m0/s1. The fourth-order valence-corrected chi connectivity index (χ4v) is 4.14. The predicted molar refractivity (Wildman–Crippen MR) is 76.8 cm³/mol. The van der Waals surface area contributed by atoms with Gasteiger partial charge in [0.25, 0.3) is 0 Å². The molecule has 6 heteroatoms. The third-order valence-electron chi connectivity index (χ3n) is 5.20. The zero-order valence-corrected chi connectivity index (χ0v) is 12.8. The first-order valence-electron chi connectivity index (χ1n) is 7.46. The average molecular weight is 314 g/mol. The van der Waals surface area contributed by atoms with E-state index in [-0.39, 0.29) is 5.91 Å². The van der Waals surface area contributed by atoms with Crippen LogP contribution in [-0.2, 0) is 14.3 Å². The highest BCUT2D eigenvalue weighted by Gasteiger charge is 2.79. The number of allylic oxidation sites excluding steroid dienone is 1. The summed E-state index contributed by atoms with van der Waals surface area (Å²) in [7, 11) is 0. The molecule has 0 saturated carbocycles. The highest BCUT2D eigenvalue weighted by atomic mass is 35.5. The van der Waals surface area contributed by atoms with Gasteiger partial charge in [-0.25, -0.2) is 4.79 Å². The number of rotatable bonds is 4. The topological polar surface area (TPSA) is 75.6 Å². The van der Waals surface area contributed by atoms with Crippen LogP contribution in [0.2, 0.25) is 0 Å². The number of alkyl halides is 1. The largest absolute Gasteiger partial charge is 0.453 e. The first-order chi connectivity index (χ1) is 9.97. The first kappa shape index (κ1) is 14.9. The quantitative estimate of drug-likeness (QED) is 0.466. The minimum Gasteiger partial charge on any atom is -0.453 e. The number of hydrogen-bond acceptors (Lipinski definition) is 4. The number of ether oxygens (including phenoxy) is 1. The molecule has 0 aromatic carbocycles. The molecule has 1 aliphatic carbocycles. The van der Waals surface area contributed by atoms with Crippen molar-refractivity contribution in [3.63, 3.8) is 0 Å². The molecule has 2 aliphatic heterocycles. The number of nitrogens with one attached hydrogen (secondary N) is 1. The SMILES string of the molecule is C[C@@]12OC(=O)C1([C@@H](O)C1=CCCCC1)NC(=O)[C@@H]2CCCl. The maximum Gasteiger partial charge on any atom is 0.339 e. The van der Waals surface area contributed by atoms with Crippen LogP contribution in [0.4, 0.5) is 0 Å². The fraction of sp³-hybridized carbons (Fsp3) is 0.733. The molecule has 3 aliphatic rings. The van der Waals surface area contributed by atoms with Crippen molar-refractivity contribution in [2.45, 2.75) is 56.3 Å². The number of amides is 1. The highest BCUT2D eigenvalue weighted by Crippen LogP contribution is 2.53. The van der Waals surface area contributed by atoms with Crippen molar-refractivity contribution in [1.29, 1.82) is 0 Å². The van der Waals surface area contributed by atoms with E-state index in [1.165, 1.54) is 0 Å². The monoisotopic (exact) mass is 313 g/mol. The average Bonchev–Trinajstić information content (AvgIpc) is 2.65. The normalized spacial score (nSPS) is 39.8. The minimum absolute atomic E-state index is 0.264. The molecule has 4 atom stereocenters. The molecule has 5 nitrogen and oxygen atoms in total. The number of carbonyl (C=O) groups excluding carboxylic acids is 2. The maximum atomic E-state index is 12.2. The van der Waals surface area contributed by atoms with Crippen LogP contribution < -0.4 is 5.32 Å². The first-order valence-corrected chi connectivity index (χ1v) is 7.99. The zero-order chi connectivity index (χ0) is 15.3. The number of carbonyl (C=O) groups is 2. The summed E-state index contributed by atoms with van der Waals surface area (Å²) in [6, 6.07) is 0. The van der Waals surface area contributed by atoms with Crippen molar-refractivity contribution >= 4 is 23.5 Å². The molecular formula is C15H20ClNO4. The third-order valence-corrected chi connectivity index (χ3v) is 5.41. The van der Waals surface area contributed by atoms with Gasteiger partial charge in [-0.2, -0.15) is 0 Å². The summed E-state index contributed by atoms with van der Waals surface area (Å²) in [5.74, 6) is -1.01. The number of hydrogen-bond donors (Lipinski definition) is 2. The van der Waals surface area contributed by atoms with E-state index in [9.17, 15) is 14.7 Å². The molecule has 0 radical (unpaired) electrons. The van der Waals surface area contributed by atoms with Crippen LogP contribution in [-0.4, -0.2) is 40.1 Å². The molecule has 0 spiro atoms. The van der Waals surface area contributed by atoms with Crippen LogP contribution in [0.1, 0.15) is 39.0 Å². The van der Waals surface area contributed by atoms with Crippen molar-refractivity contribution in [3.8, 4) is 0 Å². The molecule has 0 aromatic heterocycles. The lowest BCUT2D eigenvalue weighted by molar-refractivity contribution is -0.232. The Balaban J connectivity index is 1.96. The summed E-state index contributed by atoms with van der Waals surface area (Å²) >= 11 is 5.76. The summed E-state index contributed by atoms with van der Waals surface area (Å²) in [6.45, 7) is 1.72. The van der Waals surface area contributed by atoms with E-state index in [2.05, 4.69) is 5.32 Å². The van der Waals surface area contributed by atoms with Crippen LogP contribution in [0.25, 0.3) is 0 Å². The van der Waals surface area contributed by atoms with Gasteiger partial charge >= 0.3 is 5.97 Å². The second kappa shape index (κ2) is 4.99. The van der Waals surface area contributed by atoms with Crippen molar-refractivity contribution in [2.75, 3.05) is 5.88 Å². The van der Waals surface area contributed by atoms with Gasteiger partial charge in [-0.15, -0.1) is 11.6 Å². The van der Waals surface area contributed by atoms with Crippen LogP contribution in [0.3, 0.4) is 0 Å². The van der Waals surface area contributed by atoms with Crippen LogP contribution in [0.5, 0.6) is 0 Å². The molecule has 1 unspecified atom stereocenters. The Morgan fingerprint density at radius 1 is 1.52 bits per heavy atom. The highest BCUT2D eigenvalue weighted by molar-refractivity contribution is 6.18. The predicted octanol–water partition coefficient (Wildman–Crippen LogP) is 1.28. The Morgan fingerprint density at radius 2 is 2.29 bits per heavy atom. The van der Waals surface area contributed by atoms with E-state index in [1.54, 1.807) is 6.92 Å². The Kier molecular flexibility index (Phi) is 3.53. The Morgan fingerprint density at radius 3 is 2.86 bits per heavy atom. The summed E-state index contributed by atoms with van der Waals surface area (Å²) in [5.41, 5.74) is -1.53. The third kappa shape index (κ3) is 1.80. The van der Waals surface area contributed by atoms with Gasteiger partial charge in [0.1, 0.15) is 6.10 Å². The zero-order valence-electron chi connectivity index (χ0n) is 12.0. The second-order valence-electron chi connectivity index (χ2n) is 6.25. The lowest BCUT2D eigenvalue weighted by atomic mass is 9.66. The van der Waals surface area contributed by atoms with Crippen LogP contribution in [0, 0.1) is 5.92 Å². The van der Waals surface area contributed by atoms with Gasteiger partial charge in [0.2, 0.25) is 11.4 Å². The van der Waals surface area contributed by atoms with Gasteiger partial charge < -0.3 is 15.2 Å². The van der Waals surface area contributed by atoms with Gasteiger partial charge in [-0.3, -0.25) is 4.79 Å². The lowest BCUT2D eigenvalue weighted by Crippen LogP contribution is -2.79. The van der Waals surface area contributed by atoms with Crippen LogP contribution >= 0.6 is 11.6 Å². The van der Waals surface area contributed by atoms with Crippen molar-refractivity contribution < 1.29 is 19.4 Å². The molecule has 0 bridgehead atoms. The molecule has 2 fully saturated rings. The number of esters is 1. The number of fused-ring (bicyclic) bond motifs is 1. The molecule has 21 heavy (non-hydrogen) atoms. The molecule has 3 rings (SSSR count). The van der Waals surface area contributed by atoms with Gasteiger partial charge in [0.05, 0.1) is 5.92 Å². The number of halogens is 1. The van der Waals surface area contributed by atoms with Gasteiger partial charge in [0, 0.05) is 5.88 Å². The Bertz CT molecular complexity index is 520. The number of aliphatic hydroxyl groups is 1. The lowest BCUT2D eigenvalue weighted by Gasteiger charge is -2.53. The summed E-state index contributed by atoms with van der Waals surface area (Å²) in [4.78, 5) is 24.4. The van der Waals surface area contributed by atoms with Crippen LogP contribution in [0.15, 0.2) is 11.6 Å². The van der Waals surface area contributed by atoms with Gasteiger partial charge in [0.15, 0.2) is 5.60 Å². The molecule has 2 saturated heterocycles. The van der Waals surface area contributed by atoms with E-state index >= 15 is 0 Å². The smallest absolute Gasteiger partial charge is 0.339 e. The van der Waals surface area contributed by atoms with Crippen molar-refractivity contribution in [2.24, 2.45) is 5.92 Å². The summed E-state index contributed by atoms with van der Waals surface area (Å²) in [5, 5.41) is 13.5. The van der Waals surface area contributed by atoms with E-state index in [0.717, 1.165) is 31.3 Å². The summed E-state index contributed by atoms with van der Waals surface area (Å²) in [6.07, 6.45) is 5.11. The van der Waals surface area contributed by atoms with Gasteiger partial charge in [-0.1, -0.05) is 6.08 Å². The molecule has 0 aromatic rings. The molecular weight excluding hydrogens is 294 g/mol. The second-order valence-corrected chi connectivity index (χ2v) is 6.63. The van der Waals surface area contributed by atoms with Crippen molar-refractivity contribution in [3.05, 3.63) is 11.6 Å². The molecule has 1 amide bonds. The summed E-state index contributed by atoms with van der Waals surface area (Å²) < 4.78 is 5.33. The molecule has 116 valence electrons. The minimum atomic E-state index is -1.34. The Hall–Kier alpha value is -1.07. The fourth-order valence-electron chi connectivity index (χ4n) is 3.92. The van der Waals surface area contributed by atoms with E-state index in [1.807, 2.05) is 6.08 Å². The van der Waals surface area contributed by atoms with E-state index in [0.29, 0.717) is 12.3 Å². The van der Waals surface area contributed by atoms with E-state index in [4.69, 9.17) is 16.3 Å². The van der Waals surface area contributed by atoms with E-state index < -0.39 is 29.1 Å². The Labute approximate surface area is 128 Å². The van der Waals surface area contributed by atoms with Crippen molar-refractivity contribution in [1.82, 2.24) is 5.32 Å². The van der Waals surface area contributed by atoms with Gasteiger partial charge in [-0.05, 0) is 44.6 Å². The molecule has 2 heterocycles. The maximum absolute atomic E-state index is 12.2.